The van der Waals surface area contributed by atoms with Gasteiger partial charge in [-0.05, 0) is 42.8 Å². The fourth-order valence-electron chi connectivity index (χ4n) is 2.33. The van der Waals surface area contributed by atoms with Gasteiger partial charge in [-0.15, -0.1) is 0 Å². The summed E-state index contributed by atoms with van der Waals surface area (Å²) in [6.45, 7) is 3.47. The molecule has 0 fully saturated rings. The van der Waals surface area contributed by atoms with Crippen LogP contribution in [0.25, 0.3) is 10.9 Å². The van der Waals surface area contributed by atoms with Crippen molar-refractivity contribution in [1.29, 1.82) is 0 Å². The van der Waals surface area contributed by atoms with E-state index in [4.69, 9.17) is 9.15 Å². The van der Waals surface area contributed by atoms with E-state index in [-0.39, 0.29) is 0 Å². The summed E-state index contributed by atoms with van der Waals surface area (Å²) >= 11 is 0. The second-order valence-electron chi connectivity index (χ2n) is 4.84. The average Bonchev–Trinajstić information content (AvgIpc) is 3.05. The summed E-state index contributed by atoms with van der Waals surface area (Å²) in [7, 11) is 1.69. The van der Waals surface area contributed by atoms with Crippen LogP contribution in [0.2, 0.25) is 0 Å². The Kier molecular flexibility index (Phi) is 3.48. The largest absolute Gasteiger partial charge is 0.497 e. The molecule has 0 bridgehead atoms. The van der Waals surface area contributed by atoms with Crippen LogP contribution in [-0.4, -0.2) is 12.1 Å². The highest BCUT2D eigenvalue weighted by Crippen LogP contribution is 2.23. The average molecular weight is 270 g/mol. The molecule has 20 heavy (non-hydrogen) atoms. The number of aromatic nitrogens is 1. The van der Waals surface area contributed by atoms with Gasteiger partial charge in [0.1, 0.15) is 17.3 Å². The molecule has 0 unspecified atom stereocenters. The minimum absolute atomic E-state index is 0.727. The van der Waals surface area contributed by atoms with Gasteiger partial charge >= 0.3 is 0 Å². The van der Waals surface area contributed by atoms with Crippen molar-refractivity contribution in [3.05, 3.63) is 53.6 Å². The van der Waals surface area contributed by atoms with Crippen LogP contribution in [0, 0.1) is 6.92 Å². The summed E-state index contributed by atoms with van der Waals surface area (Å²) in [5.74, 6) is 2.78. The Morgan fingerprint density at radius 3 is 2.85 bits per heavy atom. The number of rotatable bonds is 5. The molecule has 1 aromatic carbocycles. The molecule has 2 aromatic heterocycles. The van der Waals surface area contributed by atoms with E-state index in [1.54, 1.807) is 7.11 Å². The maximum Gasteiger partial charge on any atom is 0.119 e. The van der Waals surface area contributed by atoms with Gasteiger partial charge in [-0.1, -0.05) is 0 Å². The SMILES string of the molecule is COc1ccc2[nH]cc(CNCc3ccc(C)o3)c2c1. The van der Waals surface area contributed by atoms with Crippen molar-refractivity contribution in [2.45, 2.75) is 20.0 Å². The molecule has 2 heterocycles. The highest BCUT2D eigenvalue weighted by atomic mass is 16.5. The number of methoxy groups -OCH3 is 1. The molecule has 0 spiro atoms. The quantitative estimate of drug-likeness (QED) is 0.747. The van der Waals surface area contributed by atoms with Crippen molar-refractivity contribution in [3.63, 3.8) is 0 Å². The molecule has 0 amide bonds. The van der Waals surface area contributed by atoms with Gasteiger partial charge in [0, 0.05) is 23.6 Å². The van der Waals surface area contributed by atoms with E-state index in [2.05, 4.69) is 16.4 Å². The highest BCUT2D eigenvalue weighted by molar-refractivity contribution is 5.84. The van der Waals surface area contributed by atoms with Gasteiger partial charge in [-0.25, -0.2) is 0 Å². The summed E-state index contributed by atoms with van der Waals surface area (Å²) in [5, 5.41) is 4.58. The van der Waals surface area contributed by atoms with Crippen molar-refractivity contribution in [2.75, 3.05) is 7.11 Å². The minimum atomic E-state index is 0.727. The molecule has 0 radical (unpaired) electrons. The number of hydrogen-bond donors (Lipinski definition) is 2. The van der Waals surface area contributed by atoms with Gasteiger partial charge < -0.3 is 19.5 Å². The number of furan rings is 1. The maximum atomic E-state index is 5.54. The zero-order chi connectivity index (χ0) is 13.9. The Labute approximate surface area is 117 Å². The molecule has 0 atom stereocenters. The van der Waals surface area contributed by atoms with E-state index < -0.39 is 0 Å². The number of ether oxygens (including phenoxy) is 1. The Bertz CT molecular complexity index is 712. The number of nitrogens with one attached hydrogen (secondary N) is 2. The van der Waals surface area contributed by atoms with E-state index in [0.717, 1.165) is 35.9 Å². The maximum absolute atomic E-state index is 5.54. The molecule has 0 saturated carbocycles. The number of aryl methyl sites for hydroxylation is 1. The molecule has 4 heteroatoms. The van der Waals surface area contributed by atoms with E-state index in [1.165, 1.54) is 10.9 Å². The topological polar surface area (TPSA) is 50.2 Å². The fraction of sp³-hybridized carbons (Fsp3) is 0.250. The lowest BCUT2D eigenvalue weighted by Crippen LogP contribution is -2.11. The molecule has 0 saturated heterocycles. The number of aromatic amines is 1. The lowest BCUT2D eigenvalue weighted by Gasteiger charge is -2.03. The van der Waals surface area contributed by atoms with Crippen LogP contribution >= 0.6 is 0 Å². The first kappa shape index (κ1) is 12.8. The second kappa shape index (κ2) is 5.43. The van der Waals surface area contributed by atoms with Crippen molar-refractivity contribution in [1.82, 2.24) is 10.3 Å². The van der Waals surface area contributed by atoms with Crippen LogP contribution in [0.4, 0.5) is 0 Å². The summed E-state index contributed by atoms with van der Waals surface area (Å²) < 4.78 is 10.8. The molecule has 104 valence electrons. The second-order valence-corrected chi connectivity index (χ2v) is 4.84. The molecule has 3 aromatic rings. The molecule has 0 aliphatic rings. The van der Waals surface area contributed by atoms with Gasteiger partial charge in [0.25, 0.3) is 0 Å². The van der Waals surface area contributed by atoms with Gasteiger partial charge in [-0.3, -0.25) is 0 Å². The monoisotopic (exact) mass is 270 g/mol. The van der Waals surface area contributed by atoms with Crippen LogP contribution < -0.4 is 10.1 Å². The Morgan fingerprint density at radius 1 is 1.20 bits per heavy atom. The molecule has 0 aliphatic heterocycles. The first-order valence-corrected chi connectivity index (χ1v) is 6.66. The van der Waals surface area contributed by atoms with Crippen LogP contribution in [0.15, 0.2) is 40.9 Å². The summed E-state index contributed by atoms with van der Waals surface area (Å²) in [6.07, 6.45) is 2.03. The third-order valence-electron chi connectivity index (χ3n) is 3.39. The van der Waals surface area contributed by atoms with E-state index in [9.17, 15) is 0 Å². The Hall–Kier alpha value is -2.20. The number of fused-ring (bicyclic) bond motifs is 1. The van der Waals surface area contributed by atoms with Gasteiger partial charge in [0.05, 0.1) is 13.7 Å². The lowest BCUT2D eigenvalue weighted by molar-refractivity contribution is 0.415. The van der Waals surface area contributed by atoms with Crippen molar-refractivity contribution in [3.8, 4) is 5.75 Å². The van der Waals surface area contributed by atoms with E-state index >= 15 is 0 Å². The lowest BCUT2D eigenvalue weighted by atomic mass is 10.1. The van der Waals surface area contributed by atoms with Gasteiger partial charge in [-0.2, -0.15) is 0 Å². The standard InChI is InChI=1S/C16H18N2O2/c1-11-3-4-14(20-11)10-17-8-12-9-18-16-6-5-13(19-2)7-15(12)16/h3-7,9,17-18H,8,10H2,1-2H3. The van der Waals surface area contributed by atoms with Crippen LogP contribution in [0.3, 0.4) is 0 Å². The smallest absolute Gasteiger partial charge is 0.119 e. The van der Waals surface area contributed by atoms with E-state index in [1.807, 2.05) is 37.4 Å². The molecular weight excluding hydrogens is 252 g/mol. The van der Waals surface area contributed by atoms with E-state index in [0.29, 0.717) is 0 Å². The first-order chi connectivity index (χ1) is 9.76. The Morgan fingerprint density at radius 2 is 2.10 bits per heavy atom. The first-order valence-electron chi connectivity index (χ1n) is 6.66. The number of hydrogen-bond acceptors (Lipinski definition) is 3. The van der Waals surface area contributed by atoms with Crippen molar-refractivity contribution < 1.29 is 9.15 Å². The normalized spacial score (nSPS) is 11.1. The number of H-pyrrole nitrogens is 1. The van der Waals surface area contributed by atoms with Gasteiger partial charge in [0.2, 0.25) is 0 Å². The predicted octanol–water partition coefficient (Wildman–Crippen LogP) is 3.37. The van der Waals surface area contributed by atoms with Crippen molar-refractivity contribution >= 4 is 10.9 Å². The summed E-state index contributed by atoms with van der Waals surface area (Å²) in [5.41, 5.74) is 2.35. The third-order valence-corrected chi connectivity index (χ3v) is 3.39. The molecular formula is C16H18N2O2. The fourth-order valence-corrected chi connectivity index (χ4v) is 2.33. The highest BCUT2D eigenvalue weighted by Gasteiger charge is 2.05. The minimum Gasteiger partial charge on any atom is -0.497 e. The molecule has 4 nitrogen and oxygen atoms in total. The predicted molar refractivity (Wildman–Crippen MR) is 78.8 cm³/mol. The zero-order valence-electron chi connectivity index (χ0n) is 11.7. The van der Waals surface area contributed by atoms with Crippen LogP contribution in [0.1, 0.15) is 17.1 Å². The summed E-state index contributed by atoms with van der Waals surface area (Å²) in [4.78, 5) is 3.27. The zero-order valence-corrected chi connectivity index (χ0v) is 11.7. The Balaban J connectivity index is 1.70. The van der Waals surface area contributed by atoms with Crippen LogP contribution in [0.5, 0.6) is 5.75 Å². The molecule has 0 aliphatic carbocycles. The molecule has 3 rings (SSSR count). The number of benzene rings is 1. The summed E-state index contributed by atoms with van der Waals surface area (Å²) in [6, 6.07) is 10.0. The molecule has 2 N–H and O–H groups in total. The van der Waals surface area contributed by atoms with Crippen LogP contribution in [-0.2, 0) is 13.1 Å². The third kappa shape index (κ3) is 2.56. The van der Waals surface area contributed by atoms with Crippen molar-refractivity contribution in [2.24, 2.45) is 0 Å². The van der Waals surface area contributed by atoms with Gasteiger partial charge in [0.15, 0.2) is 0 Å².